The van der Waals surface area contributed by atoms with Crippen LogP contribution < -0.4 is 0 Å². The highest BCUT2D eigenvalue weighted by Gasteiger charge is 2.26. The highest BCUT2D eigenvalue weighted by atomic mass is 79.9. The minimum absolute atomic E-state index is 0.0227. The number of likely N-dealkylation sites (tertiary alicyclic amines) is 1. The second-order valence-corrected chi connectivity index (χ2v) is 7.09. The van der Waals surface area contributed by atoms with Gasteiger partial charge in [0.2, 0.25) is 5.91 Å². The maximum atomic E-state index is 12.0. The minimum Gasteiger partial charge on any atom is -0.391 e. The molecule has 0 bridgehead atoms. The van der Waals surface area contributed by atoms with E-state index in [0.717, 1.165) is 21.6 Å². The number of aliphatic hydroxyl groups is 1. The molecule has 2 rings (SSSR count). The Bertz CT molecular complexity index is 458. The molecule has 18 heavy (non-hydrogen) atoms. The molecule has 1 amide bonds. The predicted octanol–water partition coefficient (Wildman–Crippen LogP) is 2.75. The summed E-state index contributed by atoms with van der Waals surface area (Å²) in [7, 11) is 0. The van der Waals surface area contributed by atoms with Gasteiger partial charge in [-0.25, -0.2) is 0 Å². The largest absolute Gasteiger partial charge is 0.391 e. The summed E-state index contributed by atoms with van der Waals surface area (Å²) >= 11 is 4.97. The number of nitrogens with zero attached hydrogens (tertiary/aromatic N) is 1. The second kappa shape index (κ2) is 5.99. The predicted molar refractivity (Wildman–Crippen MR) is 77.4 cm³/mol. The van der Waals surface area contributed by atoms with Gasteiger partial charge in [-0.1, -0.05) is 6.92 Å². The molecule has 1 aromatic rings. The lowest BCUT2D eigenvalue weighted by atomic mass is 9.96. The van der Waals surface area contributed by atoms with E-state index in [9.17, 15) is 9.90 Å². The summed E-state index contributed by atoms with van der Waals surface area (Å²) in [6, 6.07) is 3.92. The monoisotopic (exact) mass is 329 g/mol. The van der Waals surface area contributed by atoms with Gasteiger partial charge in [-0.05, 0) is 46.5 Å². The first kappa shape index (κ1) is 13.8. The quantitative estimate of drug-likeness (QED) is 0.847. The Kier molecular flexibility index (Phi) is 4.59. The molecule has 1 aromatic heterocycles. The highest BCUT2D eigenvalue weighted by Crippen LogP contribution is 2.23. The number of halogens is 1. The van der Waals surface area contributed by atoms with Crippen molar-refractivity contribution in [2.45, 2.75) is 19.4 Å². The third-order valence-electron chi connectivity index (χ3n) is 3.21. The zero-order valence-electron chi connectivity index (χ0n) is 10.2. The maximum Gasteiger partial charge on any atom is 0.246 e. The fourth-order valence-corrected chi connectivity index (χ4v) is 3.25. The number of rotatable bonds is 2. The number of hydrogen-bond donors (Lipinski definition) is 1. The molecular formula is C13H16BrNO2S. The summed E-state index contributed by atoms with van der Waals surface area (Å²) in [4.78, 5) is 14.7. The lowest BCUT2D eigenvalue weighted by Crippen LogP contribution is -2.45. The Labute approximate surface area is 119 Å². The van der Waals surface area contributed by atoms with Gasteiger partial charge in [-0.3, -0.25) is 4.79 Å². The molecule has 1 aliphatic rings. The molecule has 1 saturated heterocycles. The van der Waals surface area contributed by atoms with Crippen molar-refractivity contribution >= 4 is 39.2 Å². The minimum atomic E-state index is -0.396. The normalized spacial score (nSPS) is 24.7. The zero-order valence-corrected chi connectivity index (χ0v) is 12.6. The summed E-state index contributed by atoms with van der Waals surface area (Å²) < 4.78 is 1.05. The van der Waals surface area contributed by atoms with Gasteiger partial charge in [0, 0.05) is 24.0 Å². The van der Waals surface area contributed by atoms with Gasteiger partial charge in [-0.15, -0.1) is 11.3 Å². The van der Waals surface area contributed by atoms with Gasteiger partial charge >= 0.3 is 0 Å². The summed E-state index contributed by atoms with van der Waals surface area (Å²) in [5, 5.41) is 9.76. The van der Waals surface area contributed by atoms with Crippen molar-refractivity contribution in [2.75, 3.05) is 13.1 Å². The summed E-state index contributed by atoms with van der Waals surface area (Å²) in [6.07, 6.45) is 3.88. The molecule has 5 heteroatoms. The molecule has 1 N–H and O–H groups in total. The molecular weight excluding hydrogens is 314 g/mol. The number of amides is 1. The smallest absolute Gasteiger partial charge is 0.246 e. The molecule has 0 aromatic carbocycles. The molecule has 0 spiro atoms. The van der Waals surface area contributed by atoms with Crippen molar-refractivity contribution in [3.63, 3.8) is 0 Å². The molecule has 0 saturated carbocycles. The van der Waals surface area contributed by atoms with Crippen LogP contribution in [0.25, 0.3) is 6.08 Å². The number of aliphatic hydroxyl groups excluding tert-OH is 1. The molecule has 2 unspecified atom stereocenters. The summed E-state index contributed by atoms with van der Waals surface area (Å²) in [5.41, 5.74) is 0. The fraction of sp³-hybridized carbons (Fsp3) is 0.462. The van der Waals surface area contributed by atoms with E-state index in [-0.39, 0.29) is 11.8 Å². The van der Waals surface area contributed by atoms with E-state index in [1.165, 1.54) is 0 Å². The van der Waals surface area contributed by atoms with Gasteiger partial charge in [0.15, 0.2) is 0 Å². The first-order valence-corrected chi connectivity index (χ1v) is 7.57. The average Bonchev–Trinajstić information content (AvgIpc) is 2.75. The van der Waals surface area contributed by atoms with Crippen LogP contribution in [-0.2, 0) is 4.79 Å². The number of hydrogen-bond acceptors (Lipinski definition) is 3. The third kappa shape index (κ3) is 3.43. The van der Waals surface area contributed by atoms with E-state index in [0.29, 0.717) is 6.54 Å². The van der Waals surface area contributed by atoms with Crippen molar-refractivity contribution in [3.05, 3.63) is 26.9 Å². The standard InChI is InChI=1S/C13H16BrNO2S/c1-9-6-7-15(8-11(9)16)13(17)5-3-10-2-4-12(14)18-10/h2-5,9,11,16H,6-8H2,1H3/b5-3+. The molecule has 2 atom stereocenters. The van der Waals surface area contributed by atoms with Crippen molar-refractivity contribution in [1.82, 2.24) is 4.90 Å². The first-order chi connectivity index (χ1) is 8.56. The molecule has 98 valence electrons. The van der Waals surface area contributed by atoms with Crippen LogP contribution in [-0.4, -0.2) is 35.1 Å². The van der Waals surface area contributed by atoms with E-state index < -0.39 is 6.10 Å². The van der Waals surface area contributed by atoms with Crippen LogP contribution in [0.4, 0.5) is 0 Å². The summed E-state index contributed by atoms with van der Waals surface area (Å²) in [5.74, 6) is 0.261. The molecule has 1 fully saturated rings. The van der Waals surface area contributed by atoms with Crippen LogP contribution in [0.1, 0.15) is 18.2 Å². The maximum absolute atomic E-state index is 12.0. The fourth-order valence-electron chi connectivity index (χ4n) is 1.93. The lowest BCUT2D eigenvalue weighted by Gasteiger charge is -2.33. The topological polar surface area (TPSA) is 40.5 Å². The van der Waals surface area contributed by atoms with Crippen LogP contribution in [0.5, 0.6) is 0 Å². The van der Waals surface area contributed by atoms with Gasteiger partial charge in [0.25, 0.3) is 0 Å². The van der Waals surface area contributed by atoms with Crippen LogP contribution in [0.3, 0.4) is 0 Å². The van der Waals surface area contributed by atoms with E-state index in [1.54, 1.807) is 22.3 Å². The SMILES string of the molecule is CC1CCN(C(=O)/C=C/c2ccc(Br)s2)CC1O. The van der Waals surface area contributed by atoms with Crippen molar-refractivity contribution in [1.29, 1.82) is 0 Å². The number of thiophene rings is 1. The van der Waals surface area contributed by atoms with E-state index in [4.69, 9.17) is 0 Å². The number of carbonyl (C=O) groups excluding carboxylic acids is 1. The lowest BCUT2D eigenvalue weighted by molar-refractivity contribution is -0.130. The Balaban J connectivity index is 1.94. The van der Waals surface area contributed by atoms with Crippen molar-refractivity contribution in [3.8, 4) is 0 Å². The van der Waals surface area contributed by atoms with Gasteiger partial charge in [0.05, 0.1) is 9.89 Å². The Morgan fingerprint density at radius 2 is 2.39 bits per heavy atom. The van der Waals surface area contributed by atoms with Crippen molar-refractivity contribution < 1.29 is 9.90 Å². The first-order valence-electron chi connectivity index (χ1n) is 5.96. The Morgan fingerprint density at radius 1 is 1.61 bits per heavy atom. The summed E-state index contributed by atoms with van der Waals surface area (Å²) in [6.45, 7) is 3.19. The average molecular weight is 330 g/mol. The van der Waals surface area contributed by atoms with Crippen LogP contribution in [0, 0.1) is 5.92 Å². The van der Waals surface area contributed by atoms with E-state index in [2.05, 4.69) is 15.9 Å². The highest BCUT2D eigenvalue weighted by molar-refractivity contribution is 9.11. The van der Waals surface area contributed by atoms with Gasteiger partial charge in [-0.2, -0.15) is 0 Å². The van der Waals surface area contributed by atoms with Crippen molar-refractivity contribution in [2.24, 2.45) is 5.92 Å². The molecule has 2 heterocycles. The molecule has 0 radical (unpaired) electrons. The number of β-amino-alcohol motifs (C(OH)–C–C–N with tert-alkyl or cyclic N) is 1. The van der Waals surface area contributed by atoms with Crippen LogP contribution in [0.15, 0.2) is 22.0 Å². The van der Waals surface area contributed by atoms with Crippen LogP contribution in [0.2, 0.25) is 0 Å². The zero-order chi connectivity index (χ0) is 13.1. The Morgan fingerprint density at radius 3 is 3.00 bits per heavy atom. The van der Waals surface area contributed by atoms with E-state index >= 15 is 0 Å². The Hall–Kier alpha value is -0.650. The molecule has 3 nitrogen and oxygen atoms in total. The number of carbonyl (C=O) groups is 1. The van der Waals surface area contributed by atoms with Crippen LogP contribution >= 0.6 is 27.3 Å². The molecule has 0 aliphatic carbocycles. The third-order valence-corrected chi connectivity index (χ3v) is 4.80. The number of piperidine rings is 1. The second-order valence-electron chi connectivity index (χ2n) is 4.59. The van der Waals surface area contributed by atoms with Gasteiger partial charge < -0.3 is 10.0 Å². The van der Waals surface area contributed by atoms with E-state index in [1.807, 2.05) is 25.1 Å². The molecule has 1 aliphatic heterocycles. The van der Waals surface area contributed by atoms with Gasteiger partial charge in [0.1, 0.15) is 0 Å².